The molecule has 0 unspecified atom stereocenters. The second-order valence-electron chi connectivity index (χ2n) is 4.08. The first-order chi connectivity index (χ1) is 8.15. The largest absolute Gasteiger partial charge is 0.493 e. The molecule has 0 aliphatic heterocycles. The number of fused-ring (bicyclic) bond motifs is 1. The van der Waals surface area contributed by atoms with Crippen molar-refractivity contribution >= 4 is 10.9 Å². The Balaban J connectivity index is 2.53. The molecule has 0 saturated heterocycles. The highest BCUT2D eigenvalue weighted by Gasteiger charge is 2.09. The van der Waals surface area contributed by atoms with Gasteiger partial charge < -0.3 is 19.1 Å². The molecule has 1 N–H and O–H groups in total. The molecule has 0 amide bonds. The summed E-state index contributed by atoms with van der Waals surface area (Å²) in [7, 11) is 3.24. The number of hydrogen-bond acceptors (Lipinski definition) is 3. The van der Waals surface area contributed by atoms with Gasteiger partial charge in [-0.25, -0.2) is 0 Å². The number of nitrogens with zero attached hydrogens (tertiary/aromatic N) is 1. The summed E-state index contributed by atoms with van der Waals surface area (Å²) in [5, 5.41) is 10.5. The summed E-state index contributed by atoms with van der Waals surface area (Å²) in [5.41, 5.74) is 1.03. The average molecular weight is 235 g/mol. The molecule has 0 aliphatic rings. The molecule has 0 saturated carbocycles. The Morgan fingerprint density at radius 3 is 2.47 bits per heavy atom. The van der Waals surface area contributed by atoms with Crippen molar-refractivity contribution in [2.75, 3.05) is 14.2 Å². The normalized spacial score (nSPS) is 12.7. The number of hydrogen-bond donors (Lipinski definition) is 1. The van der Waals surface area contributed by atoms with Crippen molar-refractivity contribution in [2.45, 2.75) is 19.6 Å². The molecule has 4 heteroatoms. The maximum atomic E-state index is 9.43. The summed E-state index contributed by atoms with van der Waals surface area (Å²) in [6.45, 7) is 2.34. The average Bonchev–Trinajstić information content (AvgIpc) is 2.69. The Labute approximate surface area is 100 Å². The second-order valence-corrected chi connectivity index (χ2v) is 4.08. The highest BCUT2D eigenvalue weighted by Crippen LogP contribution is 2.32. The van der Waals surface area contributed by atoms with Gasteiger partial charge in [-0.15, -0.1) is 0 Å². The highest BCUT2D eigenvalue weighted by atomic mass is 16.5. The van der Waals surface area contributed by atoms with Crippen LogP contribution in [0.3, 0.4) is 0 Å². The zero-order valence-electron chi connectivity index (χ0n) is 10.3. The fourth-order valence-corrected chi connectivity index (χ4v) is 1.96. The molecule has 4 nitrogen and oxygen atoms in total. The van der Waals surface area contributed by atoms with Crippen molar-refractivity contribution in [3.8, 4) is 11.5 Å². The van der Waals surface area contributed by atoms with Crippen LogP contribution in [0.2, 0.25) is 0 Å². The zero-order valence-corrected chi connectivity index (χ0v) is 10.3. The number of benzene rings is 1. The van der Waals surface area contributed by atoms with E-state index in [2.05, 4.69) is 0 Å². The standard InChI is InChI=1S/C13H17NO3/c1-9(15)8-14-5-4-10-6-12(16-2)13(17-3)7-11(10)14/h4-7,9,15H,8H2,1-3H3/t9-/m0/s1. The van der Waals surface area contributed by atoms with Crippen LogP contribution in [0, 0.1) is 0 Å². The van der Waals surface area contributed by atoms with Gasteiger partial charge in [-0.1, -0.05) is 0 Å². The van der Waals surface area contributed by atoms with Crippen LogP contribution in [-0.4, -0.2) is 30.0 Å². The summed E-state index contributed by atoms with van der Waals surface area (Å²) >= 11 is 0. The lowest BCUT2D eigenvalue weighted by atomic mass is 10.2. The lowest BCUT2D eigenvalue weighted by molar-refractivity contribution is 0.175. The molecule has 1 heterocycles. The minimum atomic E-state index is -0.376. The summed E-state index contributed by atoms with van der Waals surface area (Å²) in [5.74, 6) is 1.42. The third kappa shape index (κ3) is 2.22. The molecule has 0 bridgehead atoms. The first-order valence-corrected chi connectivity index (χ1v) is 5.54. The van der Waals surface area contributed by atoms with Crippen LogP contribution < -0.4 is 9.47 Å². The molecule has 2 rings (SSSR count). The van der Waals surface area contributed by atoms with E-state index in [1.165, 1.54) is 0 Å². The molecule has 1 aromatic carbocycles. The van der Waals surface area contributed by atoms with Gasteiger partial charge in [-0.05, 0) is 19.1 Å². The molecule has 17 heavy (non-hydrogen) atoms. The van der Waals surface area contributed by atoms with Crippen LogP contribution in [0.1, 0.15) is 6.92 Å². The van der Waals surface area contributed by atoms with E-state index < -0.39 is 0 Å². The van der Waals surface area contributed by atoms with Gasteiger partial charge in [0.25, 0.3) is 0 Å². The molecule has 0 aliphatic carbocycles. The van der Waals surface area contributed by atoms with Crippen LogP contribution in [-0.2, 0) is 6.54 Å². The van der Waals surface area contributed by atoms with Crippen molar-refractivity contribution in [2.24, 2.45) is 0 Å². The number of aliphatic hydroxyl groups excluding tert-OH is 1. The van der Waals surface area contributed by atoms with E-state index in [1.807, 2.05) is 29.0 Å². The van der Waals surface area contributed by atoms with E-state index in [4.69, 9.17) is 9.47 Å². The lowest BCUT2D eigenvalue weighted by Crippen LogP contribution is -2.10. The number of aromatic nitrogens is 1. The van der Waals surface area contributed by atoms with Gasteiger partial charge in [0.15, 0.2) is 11.5 Å². The van der Waals surface area contributed by atoms with E-state index in [0.717, 1.165) is 16.7 Å². The van der Waals surface area contributed by atoms with Crippen molar-refractivity contribution < 1.29 is 14.6 Å². The molecular formula is C13H17NO3. The monoisotopic (exact) mass is 235 g/mol. The van der Waals surface area contributed by atoms with Crippen LogP contribution in [0.15, 0.2) is 24.4 Å². The SMILES string of the molecule is COc1cc2ccn(C[C@H](C)O)c2cc1OC. The predicted octanol–water partition coefficient (Wildman–Crippen LogP) is 2.04. The summed E-state index contributed by atoms with van der Waals surface area (Å²) in [6, 6.07) is 5.86. The van der Waals surface area contributed by atoms with E-state index in [-0.39, 0.29) is 6.10 Å². The Bertz CT molecular complexity index is 517. The van der Waals surface area contributed by atoms with E-state index >= 15 is 0 Å². The van der Waals surface area contributed by atoms with Crippen molar-refractivity contribution in [3.63, 3.8) is 0 Å². The van der Waals surface area contributed by atoms with Crippen LogP contribution in [0.5, 0.6) is 11.5 Å². The third-order valence-corrected chi connectivity index (χ3v) is 2.74. The van der Waals surface area contributed by atoms with Gasteiger partial charge >= 0.3 is 0 Å². The quantitative estimate of drug-likeness (QED) is 0.882. The topological polar surface area (TPSA) is 43.6 Å². The van der Waals surface area contributed by atoms with Gasteiger partial charge in [-0.2, -0.15) is 0 Å². The Morgan fingerprint density at radius 1 is 1.24 bits per heavy atom. The fraction of sp³-hybridized carbons (Fsp3) is 0.385. The molecule has 1 atom stereocenters. The third-order valence-electron chi connectivity index (χ3n) is 2.74. The van der Waals surface area contributed by atoms with E-state index in [9.17, 15) is 5.11 Å². The minimum absolute atomic E-state index is 0.376. The van der Waals surface area contributed by atoms with Gasteiger partial charge in [0.1, 0.15) is 0 Å². The number of ether oxygens (including phenoxy) is 2. The zero-order chi connectivity index (χ0) is 12.4. The summed E-state index contributed by atoms with van der Waals surface area (Å²) < 4.78 is 12.5. The van der Waals surface area contributed by atoms with E-state index in [0.29, 0.717) is 12.3 Å². The predicted molar refractivity (Wildman–Crippen MR) is 66.7 cm³/mol. The lowest BCUT2D eigenvalue weighted by Gasteiger charge is -2.11. The number of rotatable bonds is 4. The van der Waals surface area contributed by atoms with Gasteiger partial charge in [0.05, 0.1) is 25.8 Å². The Kier molecular flexibility index (Phi) is 3.24. The van der Waals surface area contributed by atoms with Crippen LogP contribution in [0.4, 0.5) is 0 Å². The molecule has 0 radical (unpaired) electrons. The first kappa shape index (κ1) is 11.8. The first-order valence-electron chi connectivity index (χ1n) is 5.54. The molecule has 92 valence electrons. The fourth-order valence-electron chi connectivity index (χ4n) is 1.96. The number of methoxy groups -OCH3 is 2. The molecule has 1 aromatic heterocycles. The Hall–Kier alpha value is -1.68. The minimum Gasteiger partial charge on any atom is -0.493 e. The maximum Gasteiger partial charge on any atom is 0.162 e. The summed E-state index contributed by atoms with van der Waals surface area (Å²) in [4.78, 5) is 0. The number of aliphatic hydroxyl groups is 1. The van der Waals surface area contributed by atoms with Gasteiger partial charge in [-0.3, -0.25) is 0 Å². The van der Waals surface area contributed by atoms with E-state index in [1.54, 1.807) is 21.1 Å². The smallest absolute Gasteiger partial charge is 0.162 e. The van der Waals surface area contributed by atoms with Crippen LogP contribution in [0.25, 0.3) is 10.9 Å². The highest BCUT2D eigenvalue weighted by molar-refractivity contribution is 5.84. The van der Waals surface area contributed by atoms with Gasteiger partial charge in [0, 0.05) is 24.2 Å². The molecular weight excluding hydrogens is 218 g/mol. The molecule has 0 fully saturated rings. The molecule has 0 spiro atoms. The molecule has 2 aromatic rings. The second kappa shape index (κ2) is 4.67. The van der Waals surface area contributed by atoms with Crippen molar-refractivity contribution in [3.05, 3.63) is 24.4 Å². The van der Waals surface area contributed by atoms with Gasteiger partial charge in [0.2, 0.25) is 0 Å². The van der Waals surface area contributed by atoms with Crippen LogP contribution >= 0.6 is 0 Å². The van der Waals surface area contributed by atoms with Crippen molar-refractivity contribution in [1.29, 1.82) is 0 Å². The maximum absolute atomic E-state index is 9.43. The van der Waals surface area contributed by atoms with Crippen molar-refractivity contribution in [1.82, 2.24) is 4.57 Å². The summed E-state index contributed by atoms with van der Waals surface area (Å²) in [6.07, 6.45) is 1.58. The Morgan fingerprint density at radius 2 is 1.88 bits per heavy atom.